The van der Waals surface area contributed by atoms with Crippen molar-refractivity contribution in [2.45, 2.75) is 12.5 Å². The fraction of sp³-hybridized carbons (Fsp3) is 0.273. The number of sulfone groups is 1. The first kappa shape index (κ1) is 11.9. The lowest BCUT2D eigenvalue weighted by molar-refractivity contribution is 0.609. The Morgan fingerprint density at radius 2 is 1.93 bits per heavy atom. The Labute approximate surface area is 90.5 Å². The summed E-state index contributed by atoms with van der Waals surface area (Å²) in [5.41, 5.74) is 6.86. The lowest BCUT2D eigenvalue weighted by atomic mass is 10.1. The maximum atomic E-state index is 10.8. The number of hydrogen-bond acceptors (Lipinski definition) is 3. The average molecular weight is 225 g/mol. The van der Waals surface area contributed by atoms with Crippen LogP contribution in [0.4, 0.5) is 0 Å². The third-order valence-electron chi connectivity index (χ3n) is 1.89. The molecule has 15 heavy (non-hydrogen) atoms. The Balaban J connectivity index is 2.58. The molecule has 2 N–H and O–H groups in total. The van der Waals surface area contributed by atoms with Crippen LogP contribution in [-0.2, 0) is 16.3 Å². The van der Waals surface area contributed by atoms with Crippen molar-refractivity contribution in [1.29, 1.82) is 0 Å². The Bertz CT molecular complexity index is 423. The third-order valence-corrected chi connectivity index (χ3v) is 2.54. The van der Waals surface area contributed by atoms with Gasteiger partial charge < -0.3 is 5.73 Å². The summed E-state index contributed by atoms with van der Waals surface area (Å²) < 4.78 is 21.7. The number of nitrogens with two attached hydrogens (primary N) is 1. The summed E-state index contributed by atoms with van der Waals surface area (Å²) in [5, 5.41) is 1.15. The smallest absolute Gasteiger partial charge is 0.168 e. The van der Waals surface area contributed by atoms with Gasteiger partial charge in [0.1, 0.15) is 0 Å². The maximum absolute atomic E-state index is 10.8. The largest absolute Gasteiger partial charge is 0.324 e. The van der Waals surface area contributed by atoms with Crippen LogP contribution in [0.3, 0.4) is 0 Å². The molecule has 0 radical (unpaired) electrons. The number of rotatable bonds is 4. The SMILES string of the molecule is CS(=O)(=O)/C=C/[C@@H](N)Cc1ccccc1. The van der Waals surface area contributed by atoms with Crippen molar-refractivity contribution >= 4 is 9.84 Å². The molecule has 4 heteroatoms. The van der Waals surface area contributed by atoms with Gasteiger partial charge in [-0.05, 0) is 12.0 Å². The van der Waals surface area contributed by atoms with Gasteiger partial charge in [0.15, 0.2) is 9.84 Å². The van der Waals surface area contributed by atoms with E-state index in [0.29, 0.717) is 6.42 Å². The van der Waals surface area contributed by atoms with Gasteiger partial charge in [-0.3, -0.25) is 0 Å². The Hall–Kier alpha value is -1.13. The van der Waals surface area contributed by atoms with Crippen molar-refractivity contribution in [2.75, 3.05) is 6.26 Å². The summed E-state index contributed by atoms with van der Waals surface area (Å²) in [6.07, 6.45) is 3.31. The predicted molar refractivity (Wildman–Crippen MR) is 62.1 cm³/mol. The molecule has 3 nitrogen and oxygen atoms in total. The molecule has 0 aliphatic carbocycles. The molecule has 0 saturated heterocycles. The van der Waals surface area contributed by atoms with E-state index in [1.807, 2.05) is 30.3 Å². The molecule has 0 aliphatic heterocycles. The van der Waals surface area contributed by atoms with Crippen molar-refractivity contribution in [1.82, 2.24) is 0 Å². The van der Waals surface area contributed by atoms with Crippen LogP contribution in [-0.4, -0.2) is 20.7 Å². The summed E-state index contributed by atoms with van der Waals surface area (Å²) in [4.78, 5) is 0. The number of benzene rings is 1. The van der Waals surface area contributed by atoms with E-state index in [4.69, 9.17) is 5.73 Å². The first-order chi connectivity index (χ1) is 6.97. The zero-order chi connectivity index (χ0) is 11.3. The highest BCUT2D eigenvalue weighted by molar-refractivity contribution is 7.93. The molecule has 0 unspecified atom stereocenters. The highest BCUT2D eigenvalue weighted by atomic mass is 32.2. The van der Waals surface area contributed by atoms with Gasteiger partial charge in [-0.2, -0.15) is 0 Å². The normalized spacial score (nSPS) is 14.3. The van der Waals surface area contributed by atoms with Crippen molar-refractivity contribution < 1.29 is 8.42 Å². The maximum Gasteiger partial charge on any atom is 0.168 e. The van der Waals surface area contributed by atoms with Crippen LogP contribution in [0.1, 0.15) is 5.56 Å². The Morgan fingerprint density at radius 3 is 2.47 bits per heavy atom. The highest BCUT2D eigenvalue weighted by Gasteiger charge is 2.01. The minimum atomic E-state index is -3.07. The van der Waals surface area contributed by atoms with Crippen LogP contribution in [0.25, 0.3) is 0 Å². The molecule has 1 rings (SSSR count). The quantitative estimate of drug-likeness (QED) is 0.835. The minimum Gasteiger partial charge on any atom is -0.324 e. The van der Waals surface area contributed by atoms with Crippen molar-refractivity contribution in [3.63, 3.8) is 0 Å². The molecule has 0 fully saturated rings. The second-order valence-electron chi connectivity index (χ2n) is 3.51. The van der Waals surface area contributed by atoms with Crippen LogP contribution >= 0.6 is 0 Å². The molecule has 0 aliphatic rings. The second kappa shape index (κ2) is 5.09. The molecular weight excluding hydrogens is 210 g/mol. The highest BCUT2D eigenvalue weighted by Crippen LogP contribution is 2.02. The molecule has 0 aromatic heterocycles. The monoisotopic (exact) mass is 225 g/mol. The summed E-state index contributed by atoms with van der Waals surface area (Å²) >= 11 is 0. The molecule has 0 spiro atoms. The molecule has 0 saturated carbocycles. The molecule has 0 heterocycles. The lowest BCUT2D eigenvalue weighted by Crippen LogP contribution is -2.20. The average Bonchev–Trinajstić information content (AvgIpc) is 2.15. The second-order valence-corrected chi connectivity index (χ2v) is 5.44. The third kappa shape index (κ3) is 5.34. The first-order valence-electron chi connectivity index (χ1n) is 4.65. The van der Waals surface area contributed by atoms with E-state index in [1.54, 1.807) is 0 Å². The standard InChI is InChI=1S/C11H15NO2S/c1-15(13,14)8-7-11(12)9-10-5-3-2-4-6-10/h2-8,11H,9,12H2,1H3/b8-7+/t11-/m1/s1. The van der Waals surface area contributed by atoms with Gasteiger partial charge in [-0.1, -0.05) is 36.4 Å². The van der Waals surface area contributed by atoms with E-state index in [2.05, 4.69) is 0 Å². The van der Waals surface area contributed by atoms with Gasteiger partial charge in [-0.15, -0.1) is 0 Å². The molecule has 1 aromatic carbocycles. The number of hydrogen-bond donors (Lipinski definition) is 1. The fourth-order valence-electron chi connectivity index (χ4n) is 1.20. The molecular formula is C11H15NO2S. The van der Waals surface area contributed by atoms with Gasteiger partial charge in [0, 0.05) is 17.7 Å². The minimum absolute atomic E-state index is 0.262. The van der Waals surface area contributed by atoms with Crippen molar-refractivity contribution in [2.24, 2.45) is 5.73 Å². The summed E-state index contributed by atoms with van der Waals surface area (Å²) in [6, 6.07) is 9.47. The van der Waals surface area contributed by atoms with E-state index < -0.39 is 9.84 Å². The van der Waals surface area contributed by atoms with Gasteiger partial charge >= 0.3 is 0 Å². The van der Waals surface area contributed by atoms with E-state index in [-0.39, 0.29) is 6.04 Å². The van der Waals surface area contributed by atoms with E-state index in [9.17, 15) is 8.42 Å². The summed E-state index contributed by atoms with van der Waals surface area (Å²) in [6.45, 7) is 0. The van der Waals surface area contributed by atoms with E-state index >= 15 is 0 Å². The molecule has 1 atom stereocenters. The molecule has 1 aromatic rings. The Morgan fingerprint density at radius 1 is 1.33 bits per heavy atom. The summed E-state index contributed by atoms with van der Waals surface area (Å²) in [7, 11) is -3.07. The van der Waals surface area contributed by atoms with Crippen LogP contribution < -0.4 is 5.73 Å². The Kier molecular flexibility index (Phi) is 4.05. The van der Waals surface area contributed by atoms with Crippen LogP contribution in [0.2, 0.25) is 0 Å². The zero-order valence-electron chi connectivity index (χ0n) is 8.63. The van der Waals surface area contributed by atoms with Crippen LogP contribution in [0.15, 0.2) is 41.8 Å². The van der Waals surface area contributed by atoms with Gasteiger partial charge in [0.05, 0.1) is 0 Å². The summed E-state index contributed by atoms with van der Waals surface area (Å²) in [5.74, 6) is 0. The van der Waals surface area contributed by atoms with E-state index in [0.717, 1.165) is 17.2 Å². The van der Waals surface area contributed by atoms with Gasteiger partial charge in [0.25, 0.3) is 0 Å². The van der Waals surface area contributed by atoms with Crippen LogP contribution in [0.5, 0.6) is 0 Å². The van der Waals surface area contributed by atoms with Crippen molar-refractivity contribution in [3.8, 4) is 0 Å². The van der Waals surface area contributed by atoms with Gasteiger partial charge in [-0.25, -0.2) is 8.42 Å². The molecule has 82 valence electrons. The zero-order valence-corrected chi connectivity index (χ0v) is 9.44. The molecule has 0 amide bonds. The predicted octanol–water partition coefficient (Wildman–Crippen LogP) is 1.11. The van der Waals surface area contributed by atoms with E-state index in [1.165, 1.54) is 6.08 Å². The van der Waals surface area contributed by atoms with Crippen molar-refractivity contribution in [3.05, 3.63) is 47.4 Å². The fourth-order valence-corrected chi connectivity index (χ4v) is 1.69. The van der Waals surface area contributed by atoms with Crippen LogP contribution in [0, 0.1) is 0 Å². The first-order valence-corrected chi connectivity index (χ1v) is 6.60. The lowest BCUT2D eigenvalue weighted by Gasteiger charge is -2.05. The topological polar surface area (TPSA) is 60.2 Å². The molecule has 0 bridgehead atoms. The van der Waals surface area contributed by atoms with Gasteiger partial charge in [0.2, 0.25) is 0 Å².